The highest BCUT2D eigenvalue weighted by atomic mass is 16.1. The molecule has 0 unspecified atom stereocenters. The van der Waals surface area contributed by atoms with Crippen LogP contribution in [-0.4, -0.2) is 11.6 Å². The lowest BCUT2D eigenvalue weighted by Crippen LogP contribution is -2.20. The van der Waals surface area contributed by atoms with Crippen LogP contribution in [0.5, 0.6) is 0 Å². The second kappa shape index (κ2) is 2.82. The van der Waals surface area contributed by atoms with E-state index in [2.05, 4.69) is 0 Å². The predicted molar refractivity (Wildman–Crippen MR) is 65.9 cm³/mol. The molecule has 0 saturated heterocycles. The lowest BCUT2D eigenvalue weighted by molar-refractivity contribution is 0.0980. The molecule has 0 amide bonds. The van der Waals surface area contributed by atoms with Gasteiger partial charge in [0.2, 0.25) is 0 Å². The number of rotatable bonds is 0. The highest BCUT2D eigenvalue weighted by Crippen LogP contribution is 2.33. The number of fused-ring (bicyclic) bond motifs is 4. The fourth-order valence-electron chi connectivity index (χ4n) is 2.56. The van der Waals surface area contributed by atoms with E-state index in [1.165, 1.54) is 0 Å². The zero-order valence-corrected chi connectivity index (χ0v) is 9.19. The summed E-state index contributed by atoms with van der Waals surface area (Å²) in [5, 5.41) is 0.995. The van der Waals surface area contributed by atoms with Crippen LogP contribution in [0, 0.1) is 0 Å². The summed E-state index contributed by atoms with van der Waals surface area (Å²) in [5.74, 6) is -0.398. The number of hydrogen-bond acceptors (Lipinski definition) is 3. The second-order valence-electron chi connectivity index (χ2n) is 4.44. The summed E-state index contributed by atoms with van der Waals surface area (Å²) >= 11 is 0. The molecular weight excluding hydrogens is 228 g/mol. The molecule has 0 aliphatic heterocycles. The molecule has 3 nitrogen and oxygen atoms in total. The molecule has 3 aromatic carbocycles. The first-order valence-corrected chi connectivity index (χ1v) is 5.60. The second-order valence-corrected chi connectivity index (χ2v) is 4.44. The number of carbonyl (C=O) groups is 2. The summed E-state index contributed by atoms with van der Waals surface area (Å²) in [4.78, 5) is 36.1. The Hall–Kier alpha value is -2.55. The molecule has 1 aliphatic carbocycles. The van der Waals surface area contributed by atoms with Crippen molar-refractivity contribution in [2.45, 2.75) is 0 Å². The molecule has 0 fully saturated rings. The van der Waals surface area contributed by atoms with Crippen LogP contribution in [0.3, 0.4) is 0 Å². The first-order valence-electron chi connectivity index (χ1n) is 5.60. The average molecular weight is 234 g/mol. The van der Waals surface area contributed by atoms with Gasteiger partial charge in [-0.2, -0.15) is 0 Å². The molecule has 0 saturated carbocycles. The maximum atomic E-state index is 12.3. The third kappa shape index (κ3) is 0.926. The van der Waals surface area contributed by atoms with E-state index in [1.54, 1.807) is 36.4 Å². The molecule has 0 aromatic heterocycles. The van der Waals surface area contributed by atoms with Crippen LogP contribution in [0.15, 0.2) is 41.2 Å². The van der Waals surface area contributed by atoms with E-state index >= 15 is 0 Å². The SMILES string of the molecule is O=C1c2ccccc2C(=O)c2c1ccc1c(=O)c21. The smallest absolute Gasteiger partial charge is 0.195 e. The van der Waals surface area contributed by atoms with Gasteiger partial charge < -0.3 is 0 Å². The van der Waals surface area contributed by atoms with Gasteiger partial charge >= 0.3 is 0 Å². The zero-order chi connectivity index (χ0) is 12.4. The maximum absolute atomic E-state index is 12.3. The molecule has 3 heteroatoms. The van der Waals surface area contributed by atoms with E-state index in [4.69, 9.17) is 0 Å². The van der Waals surface area contributed by atoms with Crippen LogP contribution in [0.25, 0.3) is 10.8 Å². The van der Waals surface area contributed by atoms with Crippen LogP contribution < -0.4 is 5.43 Å². The number of hydrogen-bond donors (Lipinski definition) is 0. The van der Waals surface area contributed by atoms with Crippen LogP contribution in [0.1, 0.15) is 31.8 Å². The average Bonchev–Trinajstić information content (AvgIpc) is 3.06. The van der Waals surface area contributed by atoms with Gasteiger partial charge in [0.1, 0.15) is 0 Å². The predicted octanol–water partition coefficient (Wildman–Crippen LogP) is 1.85. The summed E-state index contributed by atoms with van der Waals surface area (Å²) in [5.41, 5.74) is 1.34. The summed E-state index contributed by atoms with van der Waals surface area (Å²) in [6.07, 6.45) is 0. The molecule has 1 aliphatic rings. The van der Waals surface area contributed by atoms with Gasteiger partial charge in [-0.15, -0.1) is 0 Å². The van der Waals surface area contributed by atoms with E-state index in [0.29, 0.717) is 33.0 Å². The van der Waals surface area contributed by atoms with E-state index in [0.717, 1.165) is 0 Å². The molecule has 0 radical (unpaired) electrons. The third-order valence-corrected chi connectivity index (χ3v) is 3.50. The van der Waals surface area contributed by atoms with Crippen molar-refractivity contribution in [1.29, 1.82) is 0 Å². The molecule has 0 atom stereocenters. The Morgan fingerprint density at radius 3 is 2.06 bits per heavy atom. The number of benzene rings is 2. The maximum Gasteiger partial charge on any atom is 0.195 e. The monoisotopic (exact) mass is 234 g/mol. The minimum atomic E-state index is -0.220. The van der Waals surface area contributed by atoms with Gasteiger partial charge in [-0.3, -0.25) is 14.4 Å². The highest BCUT2D eigenvalue weighted by molar-refractivity contribution is 6.33. The number of ketones is 2. The van der Waals surface area contributed by atoms with E-state index < -0.39 is 0 Å². The molecule has 0 N–H and O–H groups in total. The minimum Gasteiger partial charge on any atom is -0.289 e. The van der Waals surface area contributed by atoms with Gasteiger partial charge in [-0.05, 0) is 12.1 Å². The Labute approximate surface area is 101 Å². The van der Waals surface area contributed by atoms with Gasteiger partial charge in [-0.1, -0.05) is 24.3 Å². The van der Waals surface area contributed by atoms with Gasteiger partial charge in [0.05, 0.1) is 0 Å². The van der Waals surface area contributed by atoms with Crippen LogP contribution in [-0.2, 0) is 0 Å². The fourth-order valence-corrected chi connectivity index (χ4v) is 2.56. The highest BCUT2D eigenvalue weighted by Gasteiger charge is 2.34. The lowest BCUT2D eigenvalue weighted by Gasteiger charge is -2.15. The Bertz CT molecular complexity index is 877. The Morgan fingerprint density at radius 2 is 1.33 bits per heavy atom. The van der Waals surface area contributed by atoms with Gasteiger partial charge in [-0.25, -0.2) is 0 Å². The van der Waals surface area contributed by atoms with Crippen molar-refractivity contribution in [3.63, 3.8) is 0 Å². The van der Waals surface area contributed by atoms with Crippen LogP contribution in [0.4, 0.5) is 0 Å². The Balaban J connectivity index is 2.14. The standard InChI is InChI=1S/C15H6O3/c16-13-7-3-1-2-4-8(7)14(17)11-9(13)5-6-10-12(11)15(10)18/h1-6H. The largest absolute Gasteiger partial charge is 0.289 e. The first-order chi connectivity index (χ1) is 8.70. The first kappa shape index (κ1) is 9.48. The Morgan fingerprint density at radius 1 is 0.667 bits per heavy atom. The third-order valence-electron chi connectivity index (χ3n) is 3.50. The molecule has 0 spiro atoms. The van der Waals surface area contributed by atoms with Crippen molar-refractivity contribution < 1.29 is 9.59 Å². The normalized spacial score (nSPS) is 14.0. The van der Waals surface area contributed by atoms with Crippen LogP contribution >= 0.6 is 0 Å². The van der Waals surface area contributed by atoms with Crippen molar-refractivity contribution in [2.75, 3.05) is 0 Å². The molecule has 0 heterocycles. The van der Waals surface area contributed by atoms with E-state index in [1.807, 2.05) is 0 Å². The van der Waals surface area contributed by atoms with Gasteiger partial charge in [0.25, 0.3) is 0 Å². The summed E-state index contributed by atoms with van der Waals surface area (Å²) < 4.78 is 0. The van der Waals surface area contributed by atoms with Crippen molar-refractivity contribution in [3.8, 4) is 0 Å². The van der Waals surface area contributed by atoms with Gasteiger partial charge in [0, 0.05) is 33.0 Å². The topological polar surface area (TPSA) is 51.2 Å². The fraction of sp³-hybridized carbons (Fsp3) is 0. The molecule has 3 aromatic rings. The lowest BCUT2D eigenvalue weighted by atomic mass is 9.84. The van der Waals surface area contributed by atoms with Gasteiger partial charge in [0.15, 0.2) is 17.0 Å². The Kier molecular flexibility index (Phi) is 1.48. The van der Waals surface area contributed by atoms with Crippen molar-refractivity contribution in [1.82, 2.24) is 0 Å². The molecule has 84 valence electrons. The molecular formula is C15H6O3. The zero-order valence-electron chi connectivity index (χ0n) is 9.19. The summed E-state index contributed by atoms with van der Waals surface area (Å²) in [6, 6.07) is 9.93. The van der Waals surface area contributed by atoms with E-state index in [-0.39, 0.29) is 17.0 Å². The number of carbonyl (C=O) groups excluding carboxylic acids is 2. The molecule has 4 rings (SSSR count). The van der Waals surface area contributed by atoms with Crippen molar-refractivity contribution in [3.05, 3.63) is 68.9 Å². The summed E-state index contributed by atoms with van der Waals surface area (Å²) in [7, 11) is 0. The van der Waals surface area contributed by atoms with Crippen molar-refractivity contribution in [2.24, 2.45) is 0 Å². The molecule has 18 heavy (non-hydrogen) atoms. The summed E-state index contributed by atoms with van der Waals surface area (Å²) in [6.45, 7) is 0. The van der Waals surface area contributed by atoms with Crippen LogP contribution in [0.2, 0.25) is 0 Å². The minimum absolute atomic E-state index is 0.114. The quantitative estimate of drug-likeness (QED) is 0.466. The molecule has 0 bridgehead atoms. The van der Waals surface area contributed by atoms with Crippen molar-refractivity contribution >= 4 is 22.3 Å². The van der Waals surface area contributed by atoms with E-state index in [9.17, 15) is 14.4 Å².